The molecule has 1 rings (SSSR count). The van der Waals surface area contributed by atoms with Crippen LogP contribution in [0.3, 0.4) is 0 Å². The molecule has 30 valence electrons. The van der Waals surface area contributed by atoms with Gasteiger partial charge in [-0.05, 0) is 0 Å². The second kappa shape index (κ2) is 2.00. The maximum absolute atomic E-state index is 3.32. The van der Waals surface area contributed by atoms with Crippen LogP contribution in [0.2, 0.25) is 0 Å². The van der Waals surface area contributed by atoms with Crippen LogP contribution in [0, 0.1) is 0 Å². The normalized spacial score (nSPS) is 24.0. The summed E-state index contributed by atoms with van der Waals surface area (Å²) in [6.07, 6.45) is 0. The summed E-state index contributed by atoms with van der Waals surface area (Å²) in [7, 11) is 0. The molecule has 0 amide bonds. The molecule has 0 spiro atoms. The molecule has 1 aliphatic rings. The van der Waals surface area contributed by atoms with Crippen molar-refractivity contribution in [1.29, 1.82) is 0 Å². The van der Waals surface area contributed by atoms with Crippen molar-refractivity contribution in [2.75, 3.05) is 13.1 Å². The van der Waals surface area contributed by atoms with Gasteiger partial charge >= 0.3 is 41.9 Å². The topological polar surface area (TPSA) is 24.1 Å². The van der Waals surface area contributed by atoms with E-state index in [0.717, 1.165) is 0 Å². The predicted octanol–water partition coefficient (Wildman–Crippen LogP) is -1.82. The first-order valence-corrected chi connectivity index (χ1v) is 5.95. The van der Waals surface area contributed by atoms with Crippen molar-refractivity contribution in [3.63, 3.8) is 0 Å². The second-order valence-corrected chi connectivity index (χ2v) is 5.04. The van der Waals surface area contributed by atoms with Gasteiger partial charge in [-0.1, -0.05) is 0 Å². The molecule has 1 heterocycles. The molecule has 2 N–H and O–H groups in total. The third-order valence-corrected chi connectivity index (χ3v) is 4.17. The Hall–Kier alpha value is 0.719. The van der Waals surface area contributed by atoms with Gasteiger partial charge in [-0.15, -0.1) is 0 Å². The van der Waals surface area contributed by atoms with Crippen LogP contribution >= 0.6 is 0 Å². The van der Waals surface area contributed by atoms with Crippen LogP contribution in [0.5, 0.6) is 0 Å². The summed E-state index contributed by atoms with van der Waals surface area (Å²) in [5.74, 6) is 0. The van der Waals surface area contributed by atoms with E-state index in [0.29, 0.717) is 0 Å². The van der Waals surface area contributed by atoms with Gasteiger partial charge in [-0.25, -0.2) is 0 Å². The first-order chi connectivity index (χ1) is 2.50. The van der Waals surface area contributed by atoms with Gasteiger partial charge in [0, 0.05) is 0 Å². The minimum atomic E-state index is -0.447. The van der Waals surface area contributed by atoms with E-state index < -0.39 is 21.7 Å². The molecule has 1 saturated heterocycles. The van der Waals surface area contributed by atoms with Crippen molar-refractivity contribution in [1.82, 2.24) is 7.08 Å². The fraction of sp³-hybridized carbons (Fsp3) is 1.00. The van der Waals surface area contributed by atoms with Gasteiger partial charge in [0.05, 0.1) is 0 Å². The van der Waals surface area contributed by atoms with E-state index >= 15 is 0 Å². The van der Waals surface area contributed by atoms with E-state index in [4.69, 9.17) is 0 Å². The zero-order valence-corrected chi connectivity index (χ0v) is 7.16. The quantitative estimate of drug-likeness (QED) is 0.427. The first-order valence-electron chi connectivity index (χ1n) is 1.91. The molecule has 1 fully saturated rings. The number of hydrogen-bond donors (Lipinski definition) is 2. The number of rotatable bonds is 0. The Morgan fingerprint density at radius 1 is 1.20 bits per heavy atom. The molecule has 0 aliphatic carbocycles. The van der Waals surface area contributed by atoms with Crippen LogP contribution in [-0.4, -0.2) is 34.8 Å². The van der Waals surface area contributed by atoms with Crippen LogP contribution in [-0.2, 0) is 0 Å². The van der Waals surface area contributed by atoms with Crippen molar-refractivity contribution >= 4 is 21.7 Å². The zero-order valence-electron chi connectivity index (χ0n) is 3.12. The summed E-state index contributed by atoms with van der Waals surface area (Å²) in [5.41, 5.74) is 0. The molecule has 2 nitrogen and oxygen atoms in total. The molecule has 0 atom stereocenters. The van der Waals surface area contributed by atoms with Crippen molar-refractivity contribution in [3.05, 3.63) is 0 Å². The molecule has 0 bridgehead atoms. The summed E-state index contributed by atoms with van der Waals surface area (Å²) in [5, 5.41) is 0. The van der Waals surface area contributed by atoms with Gasteiger partial charge < -0.3 is 0 Å². The molecule has 0 unspecified atom stereocenters. The van der Waals surface area contributed by atoms with Crippen LogP contribution in [0.15, 0.2) is 0 Å². The van der Waals surface area contributed by atoms with Gasteiger partial charge in [-0.2, -0.15) is 0 Å². The average Bonchev–Trinajstić information content (AvgIpc) is 1.76. The van der Waals surface area contributed by atoms with Crippen molar-refractivity contribution < 1.29 is 0 Å². The zero-order chi connectivity index (χ0) is 3.54. The van der Waals surface area contributed by atoms with E-state index in [1.165, 1.54) is 13.1 Å². The predicted molar refractivity (Wildman–Crippen MR) is 24.5 cm³/mol. The van der Waals surface area contributed by atoms with E-state index in [1.54, 1.807) is 0 Å². The molecule has 0 saturated carbocycles. The van der Waals surface area contributed by atoms with E-state index in [2.05, 4.69) is 7.08 Å². The second-order valence-electron chi connectivity index (χ2n) is 1.18. The van der Waals surface area contributed by atoms with E-state index in [1.807, 2.05) is 0 Å². The van der Waals surface area contributed by atoms with Gasteiger partial charge in [0.1, 0.15) is 0 Å². The molecule has 3 heteroatoms. The SMILES string of the molecule is C1C[NH][SnH2][NH]1. The van der Waals surface area contributed by atoms with Crippen LogP contribution in [0.4, 0.5) is 0 Å². The van der Waals surface area contributed by atoms with Crippen molar-refractivity contribution in [2.45, 2.75) is 0 Å². The van der Waals surface area contributed by atoms with Gasteiger partial charge in [-0.3, -0.25) is 0 Å². The monoisotopic (exact) mass is 180 g/mol. The third kappa shape index (κ3) is 1.07. The Balaban J connectivity index is 2.08. The Bertz CT molecular complexity index is 19.2. The molecule has 1 aliphatic heterocycles. The Morgan fingerprint density at radius 3 is 2.00 bits per heavy atom. The van der Waals surface area contributed by atoms with Gasteiger partial charge in [0.15, 0.2) is 0 Å². The molecule has 0 aromatic rings. The summed E-state index contributed by atoms with van der Waals surface area (Å²) >= 11 is -0.447. The number of hydrogen-bond acceptors (Lipinski definition) is 2. The van der Waals surface area contributed by atoms with Gasteiger partial charge in [0.25, 0.3) is 0 Å². The average molecular weight is 179 g/mol. The van der Waals surface area contributed by atoms with E-state index in [-0.39, 0.29) is 0 Å². The molecular formula is C2H8N2Sn. The minimum absolute atomic E-state index is 0.447. The first kappa shape index (κ1) is 3.89. The van der Waals surface area contributed by atoms with Gasteiger partial charge in [0.2, 0.25) is 0 Å². The molecule has 0 radical (unpaired) electrons. The van der Waals surface area contributed by atoms with Crippen LogP contribution in [0.1, 0.15) is 0 Å². The summed E-state index contributed by atoms with van der Waals surface area (Å²) in [6, 6.07) is 0. The Labute approximate surface area is 42.3 Å². The van der Waals surface area contributed by atoms with E-state index in [9.17, 15) is 0 Å². The standard InChI is InChI=1S/C2H6N2.Sn.2H/c3-1-2-4;;;/h3-4H,1-2H2;;;/q-2;+2;;. The Kier molecular flexibility index (Phi) is 1.55. The summed E-state index contributed by atoms with van der Waals surface area (Å²) < 4.78 is 6.64. The maximum atomic E-state index is 3.32. The fourth-order valence-corrected chi connectivity index (χ4v) is 2.96. The molecular weight excluding hydrogens is 171 g/mol. The molecule has 0 aromatic carbocycles. The van der Waals surface area contributed by atoms with Crippen molar-refractivity contribution in [2.24, 2.45) is 0 Å². The Morgan fingerprint density at radius 2 is 1.80 bits per heavy atom. The summed E-state index contributed by atoms with van der Waals surface area (Å²) in [6.45, 7) is 2.46. The molecule has 5 heavy (non-hydrogen) atoms. The van der Waals surface area contributed by atoms with Crippen LogP contribution < -0.4 is 7.08 Å². The third-order valence-electron chi connectivity index (χ3n) is 0.729. The van der Waals surface area contributed by atoms with Crippen molar-refractivity contribution in [3.8, 4) is 0 Å². The summed E-state index contributed by atoms with van der Waals surface area (Å²) in [4.78, 5) is 0. The number of nitrogens with one attached hydrogen (secondary N) is 2. The van der Waals surface area contributed by atoms with Crippen LogP contribution in [0.25, 0.3) is 0 Å². The fourth-order valence-electron chi connectivity index (χ4n) is 0.442. The molecule has 0 aromatic heterocycles.